The maximum Gasteiger partial charge on any atom is 0.332 e. The zero-order chi connectivity index (χ0) is 14.7. The fourth-order valence-electron chi connectivity index (χ4n) is 2.19. The lowest BCUT2D eigenvalue weighted by Crippen LogP contribution is -2.24. The summed E-state index contributed by atoms with van der Waals surface area (Å²) in [6.07, 6.45) is 0.235. The van der Waals surface area contributed by atoms with Crippen LogP contribution in [0.25, 0.3) is 0 Å². The third-order valence-corrected chi connectivity index (χ3v) is 3.32. The molecule has 0 spiro atoms. The Labute approximate surface area is 115 Å². The molecule has 1 aromatic carbocycles. The topological polar surface area (TPSA) is 102 Å². The summed E-state index contributed by atoms with van der Waals surface area (Å²) < 4.78 is 5.35. The quantitative estimate of drug-likeness (QED) is 0.631. The van der Waals surface area contributed by atoms with Gasteiger partial charge in [0.1, 0.15) is 0 Å². The number of nitrogens with zero attached hydrogens (tertiary/aromatic N) is 1. The summed E-state index contributed by atoms with van der Waals surface area (Å²) in [5, 5.41) is 22.7. The number of nitro benzene ring substituents is 1. The number of rotatable bonds is 5. The monoisotopic (exact) mass is 280 g/mol. The Bertz CT molecular complexity index is 531. The number of hydrogen-bond donors (Lipinski definition) is 2. The minimum absolute atomic E-state index is 0.0609. The van der Waals surface area contributed by atoms with Gasteiger partial charge in [-0.05, 0) is 25.8 Å². The highest BCUT2D eigenvalue weighted by molar-refractivity contribution is 5.72. The first kappa shape index (κ1) is 14.3. The first-order valence-electron chi connectivity index (χ1n) is 6.34. The van der Waals surface area contributed by atoms with E-state index in [1.807, 2.05) is 0 Å². The second kappa shape index (κ2) is 5.87. The Kier molecular flexibility index (Phi) is 4.19. The molecule has 108 valence electrons. The highest BCUT2D eigenvalue weighted by atomic mass is 16.6. The molecule has 0 aromatic heterocycles. The number of aliphatic carboxylic acids is 1. The van der Waals surface area contributed by atoms with Gasteiger partial charge in [0.05, 0.1) is 11.0 Å². The molecule has 0 radical (unpaired) electrons. The third kappa shape index (κ3) is 3.24. The molecule has 0 saturated carbocycles. The van der Waals surface area contributed by atoms with E-state index in [-0.39, 0.29) is 11.8 Å². The molecule has 0 bridgehead atoms. The van der Waals surface area contributed by atoms with E-state index in [4.69, 9.17) is 9.84 Å². The number of anilines is 1. The van der Waals surface area contributed by atoms with Crippen LogP contribution in [0.4, 0.5) is 11.4 Å². The van der Waals surface area contributed by atoms with Crippen molar-refractivity contribution < 1.29 is 19.6 Å². The van der Waals surface area contributed by atoms with Crippen molar-refractivity contribution in [2.45, 2.75) is 32.0 Å². The van der Waals surface area contributed by atoms with E-state index in [1.54, 1.807) is 19.1 Å². The van der Waals surface area contributed by atoms with Gasteiger partial charge in [-0.25, -0.2) is 4.79 Å². The number of carboxylic acids is 1. The number of nitrogens with one attached hydrogen (secondary N) is 1. The maximum atomic E-state index is 10.8. The summed E-state index contributed by atoms with van der Waals surface area (Å²) in [6, 6.07) is 4.90. The van der Waals surface area contributed by atoms with Crippen LogP contribution >= 0.6 is 0 Å². The standard InChI is InChI=1S/C13H16N2O5/c1-8-2-3-9(6-11(8)15(18)19)14-7-10-4-5-12(20-10)13(16)17/h2-3,6,10,12,14H,4-5,7H2,1H3,(H,16,17). The zero-order valence-corrected chi connectivity index (χ0v) is 11.0. The summed E-state index contributed by atoms with van der Waals surface area (Å²) in [5.41, 5.74) is 1.29. The molecule has 1 fully saturated rings. The Hall–Kier alpha value is -2.15. The molecule has 1 saturated heterocycles. The molecular weight excluding hydrogens is 264 g/mol. The minimum Gasteiger partial charge on any atom is -0.479 e. The zero-order valence-electron chi connectivity index (χ0n) is 11.0. The van der Waals surface area contributed by atoms with Crippen molar-refractivity contribution in [3.63, 3.8) is 0 Å². The summed E-state index contributed by atoms with van der Waals surface area (Å²) in [4.78, 5) is 21.2. The van der Waals surface area contributed by atoms with Crippen molar-refractivity contribution in [2.24, 2.45) is 0 Å². The molecule has 0 amide bonds. The van der Waals surface area contributed by atoms with Gasteiger partial charge in [-0.1, -0.05) is 6.07 Å². The number of benzene rings is 1. The fraction of sp³-hybridized carbons (Fsp3) is 0.462. The van der Waals surface area contributed by atoms with Crippen molar-refractivity contribution in [2.75, 3.05) is 11.9 Å². The van der Waals surface area contributed by atoms with Crippen LogP contribution in [-0.4, -0.2) is 34.8 Å². The lowest BCUT2D eigenvalue weighted by atomic mass is 10.1. The van der Waals surface area contributed by atoms with Gasteiger partial charge in [-0.15, -0.1) is 0 Å². The van der Waals surface area contributed by atoms with E-state index in [2.05, 4.69) is 5.32 Å². The third-order valence-electron chi connectivity index (χ3n) is 3.32. The van der Waals surface area contributed by atoms with Crippen LogP contribution < -0.4 is 5.32 Å². The molecule has 1 heterocycles. The second-order valence-corrected chi connectivity index (χ2v) is 4.80. The van der Waals surface area contributed by atoms with Crippen molar-refractivity contribution >= 4 is 17.3 Å². The van der Waals surface area contributed by atoms with Crippen LogP contribution in [0, 0.1) is 17.0 Å². The van der Waals surface area contributed by atoms with Crippen molar-refractivity contribution in [3.05, 3.63) is 33.9 Å². The fourth-order valence-corrected chi connectivity index (χ4v) is 2.19. The van der Waals surface area contributed by atoms with Gasteiger partial charge < -0.3 is 15.2 Å². The summed E-state index contributed by atoms with van der Waals surface area (Å²) in [6.45, 7) is 2.11. The highest BCUT2D eigenvalue weighted by Gasteiger charge is 2.30. The van der Waals surface area contributed by atoms with E-state index in [0.717, 1.165) is 0 Å². The predicted octanol–water partition coefficient (Wildman–Crippen LogP) is 1.95. The van der Waals surface area contributed by atoms with E-state index in [9.17, 15) is 14.9 Å². The summed E-state index contributed by atoms with van der Waals surface area (Å²) in [7, 11) is 0. The molecule has 7 nitrogen and oxygen atoms in total. The van der Waals surface area contributed by atoms with Crippen molar-refractivity contribution in [3.8, 4) is 0 Å². The molecule has 1 aliphatic rings. The predicted molar refractivity (Wildman–Crippen MR) is 71.9 cm³/mol. The van der Waals surface area contributed by atoms with Gasteiger partial charge in [0.15, 0.2) is 6.10 Å². The largest absolute Gasteiger partial charge is 0.479 e. The maximum absolute atomic E-state index is 10.8. The molecule has 2 atom stereocenters. The van der Waals surface area contributed by atoms with Crippen LogP contribution in [0.2, 0.25) is 0 Å². The first-order chi connectivity index (χ1) is 9.47. The van der Waals surface area contributed by atoms with Crippen LogP contribution in [0.5, 0.6) is 0 Å². The molecule has 0 aliphatic carbocycles. The van der Waals surface area contributed by atoms with Gasteiger partial charge in [0, 0.05) is 23.9 Å². The minimum atomic E-state index is -0.946. The molecule has 20 heavy (non-hydrogen) atoms. The van der Waals surface area contributed by atoms with Crippen LogP contribution in [0.15, 0.2) is 18.2 Å². The van der Waals surface area contributed by atoms with E-state index in [0.29, 0.717) is 30.6 Å². The molecule has 2 N–H and O–H groups in total. The lowest BCUT2D eigenvalue weighted by molar-refractivity contribution is -0.385. The Morgan fingerprint density at radius 3 is 2.90 bits per heavy atom. The van der Waals surface area contributed by atoms with E-state index >= 15 is 0 Å². The molecular formula is C13H16N2O5. The Morgan fingerprint density at radius 2 is 2.30 bits per heavy atom. The average molecular weight is 280 g/mol. The molecule has 1 aliphatic heterocycles. The van der Waals surface area contributed by atoms with Gasteiger partial charge in [0.2, 0.25) is 0 Å². The van der Waals surface area contributed by atoms with E-state index < -0.39 is 17.0 Å². The number of carbonyl (C=O) groups is 1. The average Bonchev–Trinajstić information content (AvgIpc) is 2.86. The molecule has 2 unspecified atom stereocenters. The number of ether oxygens (including phenoxy) is 1. The SMILES string of the molecule is Cc1ccc(NCC2CCC(C(=O)O)O2)cc1[N+](=O)[O-]. The summed E-state index contributed by atoms with van der Waals surface area (Å²) in [5.74, 6) is -0.946. The van der Waals surface area contributed by atoms with Crippen molar-refractivity contribution in [1.29, 1.82) is 0 Å². The van der Waals surface area contributed by atoms with Gasteiger partial charge in [-0.2, -0.15) is 0 Å². The molecule has 2 rings (SSSR count). The summed E-state index contributed by atoms with van der Waals surface area (Å²) >= 11 is 0. The van der Waals surface area contributed by atoms with Gasteiger partial charge >= 0.3 is 5.97 Å². The Balaban J connectivity index is 1.93. The van der Waals surface area contributed by atoms with Crippen LogP contribution in [0.1, 0.15) is 18.4 Å². The molecule has 1 aromatic rings. The smallest absolute Gasteiger partial charge is 0.332 e. The van der Waals surface area contributed by atoms with Crippen LogP contribution in [-0.2, 0) is 9.53 Å². The Morgan fingerprint density at radius 1 is 1.55 bits per heavy atom. The number of aryl methyl sites for hydroxylation is 1. The number of hydrogen-bond acceptors (Lipinski definition) is 5. The van der Waals surface area contributed by atoms with Gasteiger partial charge in [0.25, 0.3) is 5.69 Å². The van der Waals surface area contributed by atoms with Gasteiger partial charge in [-0.3, -0.25) is 10.1 Å². The second-order valence-electron chi connectivity index (χ2n) is 4.80. The number of nitro groups is 1. The van der Waals surface area contributed by atoms with Crippen LogP contribution in [0.3, 0.4) is 0 Å². The van der Waals surface area contributed by atoms with E-state index in [1.165, 1.54) is 6.07 Å². The lowest BCUT2D eigenvalue weighted by Gasteiger charge is -2.13. The molecule has 7 heteroatoms. The normalized spacial score (nSPS) is 21.6. The number of carboxylic acid groups (broad SMARTS) is 1. The van der Waals surface area contributed by atoms with Crippen molar-refractivity contribution in [1.82, 2.24) is 0 Å². The first-order valence-corrected chi connectivity index (χ1v) is 6.34. The highest BCUT2D eigenvalue weighted by Crippen LogP contribution is 2.24.